The van der Waals surface area contributed by atoms with Crippen molar-refractivity contribution in [1.29, 1.82) is 0 Å². The minimum atomic E-state index is -0.238. The van der Waals surface area contributed by atoms with Crippen molar-refractivity contribution in [2.24, 2.45) is 0 Å². The molecule has 1 aromatic carbocycles. The normalized spacial score (nSPS) is 25.8. The molecule has 1 unspecified atom stereocenters. The number of nitrogens with one attached hydrogen (secondary N) is 1. The molecule has 1 aromatic rings. The SMILES string of the molecule is CN1CCCC(CO)(Nc2cccc(Cl)c2)C1. The summed E-state index contributed by atoms with van der Waals surface area (Å²) < 4.78 is 0. The van der Waals surface area contributed by atoms with E-state index < -0.39 is 0 Å². The molecule has 2 rings (SSSR count). The van der Waals surface area contributed by atoms with Gasteiger partial charge in [-0.1, -0.05) is 17.7 Å². The average Bonchev–Trinajstić information content (AvgIpc) is 2.29. The molecule has 1 atom stereocenters. The van der Waals surface area contributed by atoms with Gasteiger partial charge in [-0.25, -0.2) is 0 Å². The van der Waals surface area contributed by atoms with E-state index in [9.17, 15) is 5.11 Å². The Morgan fingerprint density at radius 1 is 1.53 bits per heavy atom. The highest BCUT2D eigenvalue weighted by Crippen LogP contribution is 2.26. The zero-order valence-corrected chi connectivity index (χ0v) is 10.9. The van der Waals surface area contributed by atoms with Crippen molar-refractivity contribution in [1.82, 2.24) is 4.90 Å². The van der Waals surface area contributed by atoms with E-state index in [1.807, 2.05) is 24.3 Å². The van der Waals surface area contributed by atoms with Crippen molar-refractivity contribution < 1.29 is 5.11 Å². The monoisotopic (exact) mass is 254 g/mol. The maximum Gasteiger partial charge on any atom is 0.0730 e. The molecule has 1 heterocycles. The molecule has 2 N–H and O–H groups in total. The Kier molecular flexibility index (Phi) is 3.92. The van der Waals surface area contributed by atoms with Gasteiger partial charge in [-0.15, -0.1) is 0 Å². The lowest BCUT2D eigenvalue weighted by Gasteiger charge is -2.41. The summed E-state index contributed by atoms with van der Waals surface area (Å²) in [6, 6.07) is 7.65. The van der Waals surface area contributed by atoms with Gasteiger partial charge in [-0.3, -0.25) is 0 Å². The highest BCUT2D eigenvalue weighted by Gasteiger charge is 2.33. The first-order valence-electron chi connectivity index (χ1n) is 5.97. The predicted octanol–water partition coefficient (Wildman–Crippen LogP) is 2.21. The van der Waals surface area contributed by atoms with E-state index in [4.69, 9.17) is 11.6 Å². The summed E-state index contributed by atoms with van der Waals surface area (Å²) in [6.45, 7) is 2.10. The van der Waals surface area contributed by atoms with Crippen molar-refractivity contribution in [2.75, 3.05) is 32.1 Å². The van der Waals surface area contributed by atoms with Crippen molar-refractivity contribution in [2.45, 2.75) is 18.4 Å². The molecule has 0 radical (unpaired) electrons. The van der Waals surface area contributed by atoms with Crippen LogP contribution in [0.5, 0.6) is 0 Å². The Morgan fingerprint density at radius 3 is 3.00 bits per heavy atom. The van der Waals surface area contributed by atoms with Crippen LogP contribution in [0.4, 0.5) is 5.69 Å². The predicted molar refractivity (Wildman–Crippen MR) is 71.6 cm³/mol. The van der Waals surface area contributed by atoms with Crippen LogP contribution in [-0.2, 0) is 0 Å². The van der Waals surface area contributed by atoms with Crippen LogP contribution in [0.15, 0.2) is 24.3 Å². The van der Waals surface area contributed by atoms with Gasteiger partial charge in [0.25, 0.3) is 0 Å². The number of aliphatic hydroxyl groups is 1. The van der Waals surface area contributed by atoms with Gasteiger partial charge in [0.2, 0.25) is 0 Å². The molecule has 1 saturated heterocycles. The second-order valence-corrected chi connectivity index (χ2v) is 5.35. The largest absolute Gasteiger partial charge is 0.394 e. The van der Waals surface area contributed by atoms with E-state index in [0.29, 0.717) is 5.02 Å². The fourth-order valence-electron chi connectivity index (χ4n) is 2.51. The fraction of sp³-hybridized carbons (Fsp3) is 0.538. The summed E-state index contributed by atoms with van der Waals surface area (Å²) in [5.74, 6) is 0. The molecule has 3 nitrogen and oxygen atoms in total. The summed E-state index contributed by atoms with van der Waals surface area (Å²) in [5, 5.41) is 13.8. The molecule has 1 aliphatic heterocycles. The first kappa shape index (κ1) is 12.7. The van der Waals surface area contributed by atoms with Gasteiger partial charge in [0.15, 0.2) is 0 Å². The first-order chi connectivity index (χ1) is 8.13. The number of nitrogens with zero attached hydrogens (tertiary/aromatic N) is 1. The van der Waals surface area contributed by atoms with Crippen LogP contribution in [-0.4, -0.2) is 42.3 Å². The second-order valence-electron chi connectivity index (χ2n) is 4.92. The average molecular weight is 255 g/mol. The number of aliphatic hydroxyl groups excluding tert-OH is 1. The summed E-state index contributed by atoms with van der Waals surface area (Å²) in [5.41, 5.74) is 0.736. The molecule has 1 aliphatic rings. The van der Waals surface area contributed by atoms with Crippen LogP contribution in [0, 0.1) is 0 Å². The summed E-state index contributed by atoms with van der Waals surface area (Å²) in [4.78, 5) is 2.25. The van der Waals surface area contributed by atoms with Crippen LogP contribution in [0.2, 0.25) is 5.02 Å². The molecule has 4 heteroatoms. The standard InChI is InChI=1S/C13H19ClN2O/c1-16-7-3-6-13(9-16,10-17)15-12-5-2-4-11(14)8-12/h2,4-5,8,15,17H,3,6-7,9-10H2,1H3. The molecule has 1 fully saturated rings. The lowest BCUT2D eigenvalue weighted by atomic mass is 9.89. The topological polar surface area (TPSA) is 35.5 Å². The van der Waals surface area contributed by atoms with Gasteiger partial charge < -0.3 is 15.3 Å². The number of hydrogen-bond donors (Lipinski definition) is 2. The third kappa shape index (κ3) is 3.12. The zero-order valence-electron chi connectivity index (χ0n) is 10.1. The number of benzene rings is 1. The molecular formula is C13H19ClN2O. The minimum absolute atomic E-state index is 0.143. The molecule has 0 spiro atoms. The van der Waals surface area contributed by atoms with Crippen LogP contribution >= 0.6 is 11.6 Å². The van der Waals surface area contributed by atoms with Crippen LogP contribution in [0.3, 0.4) is 0 Å². The second kappa shape index (κ2) is 5.25. The summed E-state index contributed by atoms with van der Waals surface area (Å²) in [7, 11) is 2.09. The van der Waals surface area contributed by atoms with Gasteiger partial charge >= 0.3 is 0 Å². The zero-order chi connectivity index (χ0) is 12.3. The van der Waals surface area contributed by atoms with Crippen LogP contribution in [0.25, 0.3) is 0 Å². The molecule has 0 amide bonds. The molecule has 0 saturated carbocycles. The quantitative estimate of drug-likeness (QED) is 0.868. The third-order valence-corrected chi connectivity index (χ3v) is 3.54. The first-order valence-corrected chi connectivity index (χ1v) is 6.34. The number of piperidine rings is 1. The van der Waals surface area contributed by atoms with Crippen LogP contribution in [0.1, 0.15) is 12.8 Å². The Balaban J connectivity index is 2.13. The van der Waals surface area contributed by atoms with E-state index >= 15 is 0 Å². The number of anilines is 1. The highest BCUT2D eigenvalue weighted by molar-refractivity contribution is 6.30. The molecule has 0 aliphatic carbocycles. The van der Waals surface area contributed by atoms with Gasteiger partial charge in [0.1, 0.15) is 0 Å². The molecular weight excluding hydrogens is 236 g/mol. The number of likely N-dealkylation sites (N-methyl/N-ethyl adjacent to an activating group) is 1. The maximum atomic E-state index is 9.67. The number of halogens is 1. The van der Waals surface area contributed by atoms with Gasteiger partial charge in [0.05, 0.1) is 12.1 Å². The number of likely N-dealkylation sites (tertiary alicyclic amines) is 1. The van der Waals surface area contributed by atoms with Gasteiger partial charge in [0, 0.05) is 17.3 Å². The third-order valence-electron chi connectivity index (χ3n) is 3.30. The summed E-state index contributed by atoms with van der Waals surface area (Å²) >= 11 is 5.97. The maximum absolute atomic E-state index is 9.67. The van der Waals surface area contributed by atoms with Crippen molar-refractivity contribution in [3.8, 4) is 0 Å². The van der Waals surface area contributed by atoms with Crippen molar-refractivity contribution in [3.63, 3.8) is 0 Å². The molecule has 17 heavy (non-hydrogen) atoms. The Bertz CT molecular complexity index is 385. The van der Waals surface area contributed by atoms with Gasteiger partial charge in [-0.2, -0.15) is 0 Å². The lowest BCUT2D eigenvalue weighted by Crippen LogP contribution is -2.54. The molecule has 94 valence electrons. The Labute approximate surface area is 107 Å². The lowest BCUT2D eigenvalue weighted by molar-refractivity contribution is 0.124. The van der Waals surface area contributed by atoms with E-state index in [1.54, 1.807) is 0 Å². The van der Waals surface area contributed by atoms with Crippen LogP contribution < -0.4 is 5.32 Å². The van der Waals surface area contributed by atoms with Gasteiger partial charge in [-0.05, 0) is 44.6 Å². The minimum Gasteiger partial charge on any atom is -0.394 e. The summed E-state index contributed by atoms with van der Waals surface area (Å²) in [6.07, 6.45) is 2.09. The molecule has 0 aromatic heterocycles. The van der Waals surface area contributed by atoms with E-state index in [1.165, 1.54) is 0 Å². The Hall–Kier alpha value is -0.770. The highest BCUT2D eigenvalue weighted by atomic mass is 35.5. The van der Waals surface area contributed by atoms with Crippen molar-refractivity contribution in [3.05, 3.63) is 29.3 Å². The molecule has 0 bridgehead atoms. The Morgan fingerprint density at radius 2 is 2.35 bits per heavy atom. The van der Waals surface area contributed by atoms with E-state index in [2.05, 4.69) is 17.3 Å². The van der Waals surface area contributed by atoms with Crippen molar-refractivity contribution >= 4 is 17.3 Å². The number of rotatable bonds is 3. The smallest absolute Gasteiger partial charge is 0.0730 e. The fourth-order valence-corrected chi connectivity index (χ4v) is 2.70. The number of hydrogen-bond acceptors (Lipinski definition) is 3. The van der Waals surface area contributed by atoms with E-state index in [-0.39, 0.29) is 12.1 Å². The van der Waals surface area contributed by atoms with E-state index in [0.717, 1.165) is 31.6 Å².